The molecule has 0 saturated carbocycles. The van der Waals surface area contributed by atoms with Crippen LogP contribution in [0.3, 0.4) is 0 Å². The lowest BCUT2D eigenvalue weighted by Gasteiger charge is -2.32. The molecule has 0 aromatic heterocycles. The average Bonchev–Trinajstić information content (AvgIpc) is 2.44. The molecule has 6 nitrogen and oxygen atoms in total. The van der Waals surface area contributed by atoms with E-state index in [0.717, 1.165) is 0 Å². The molecule has 1 aliphatic heterocycles. The molecular weight excluding hydrogens is 308 g/mol. The Morgan fingerprint density at radius 2 is 0.875 bits per heavy atom. The van der Waals surface area contributed by atoms with Gasteiger partial charge >= 0.3 is 0 Å². The Bertz CT molecular complexity index is 372. The summed E-state index contributed by atoms with van der Waals surface area (Å²) >= 11 is 0. The van der Waals surface area contributed by atoms with Gasteiger partial charge in [-0.05, 0) is 0 Å². The van der Waals surface area contributed by atoms with Crippen molar-refractivity contribution in [3.63, 3.8) is 0 Å². The molecule has 0 unspecified atom stereocenters. The minimum absolute atomic E-state index is 0.108. The highest BCUT2D eigenvalue weighted by molar-refractivity contribution is 5.82. The van der Waals surface area contributed by atoms with Gasteiger partial charge in [-0.25, -0.2) is 0 Å². The van der Waals surface area contributed by atoms with Crippen LogP contribution >= 0.6 is 0 Å². The van der Waals surface area contributed by atoms with Crippen LogP contribution in [0, 0.1) is 10.8 Å². The number of ether oxygens (including phenoxy) is 2. The topological polar surface area (TPSA) is 59.1 Å². The maximum Gasteiger partial charge on any atom is 0.228 e. The van der Waals surface area contributed by atoms with Crippen molar-refractivity contribution in [3.05, 3.63) is 0 Å². The Balaban J connectivity index is 2.62. The van der Waals surface area contributed by atoms with Gasteiger partial charge in [-0.15, -0.1) is 0 Å². The second kappa shape index (κ2) is 8.81. The molecule has 0 aromatic rings. The van der Waals surface area contributed by atoms with E-state index >= 15 is 0 Å². The molecule has 24 heavy (non-hydrogen) atoms. The normalized spacial score (nSPS) is 19.4. The molecule has 6 heteroatoms. The molecule has 0 bridgehead atoms. The summed E-state index contributed by atoms with van der Waals surface area (Å²) in [6.07, 6.45) is 0. The van der Waals surface area contributed by atoms with Gasteiger partial charge < -0.3 is 19.3 Å². The summed E-state index contributed by atoms with van der Waals surface area (Å²) in [5, 5.41) is 0. The van der Waals surface area contributed by atoms with Gasteiger partial charge in [-0.2, -0.15) is 0 Å². The van der Waals surface area contributed by atoms with Gasteiger partial charge in [-0.3, -0.25) is 9.59 Å². The third-order valence-corrected chi connectivity index (χ3v) is 3.88. The van der Waals surface area contributed by atoms with Gasteiger partial charge in [0.1, 0.15) is 0 Å². The highest BCUT2D eigenvalue weighted by atomic mass is 16.5. The summed E-state index contributed by atoms with van der Waals surface area (Å²) in [6.45, 7) is 15.6. The Labute approximate surface area is 146 Å². The van der Waals surface area contributed by atoms with Crippen LogP contribution in [0.4, 0.5) is 0 Å². The minimum Gasteiger partial charge on any atom is -0.378 e. The van der Waals surface area contributed by atoms with E-state index < -0.39 is 10.8 Å². The maximum absolute atomic E-state index is 12.5. The van der Waals surface area contributed by atoms with E-state index in [0.29, 0.717) is 52.6 Å². The third-order valence-electron chi connectivity index (χ3n) is 3.88. The van der Waals surface area contributed by atoms with Crippen molar-refractivity contribution in [1.82, 2.24) is 9.80 Å². The summed E-state index contributed by atoms with van der Waals surface area (Å²) in [5.41, 5.74) is -0.819. The molecule has 0 N–H and O–H groups in total. The fourth-order valence-electron chi connectivity index (χ4n) is 2.48. The van der Waals surface area contributed by atoms with Crippen LogP contribution < -0.4 is 0 Å². The number of nitrogens with zero attached hydrogens (tertiary/aromatic N) is 2. The first-order chi connectivity index (χ1) is 11.0. The Kier molecular flexibility index (Phi) is 7.67. The molecule has 0 atom stereocenters. The summed E-state index contributed by atoms with van der Waals surface area (Å²) in [4.78, 5) is 28.5. The Morgan fingerprint density at radius 1 is 0.625 bits per heavy atom. The first-order valence-corrected chi connectivity index (χ1v) is 8.78. The molecule has 1 fully saturated rings. The standard InChI is InChI=1S/C18H34N2O4/c1-17(2,3)15(21)19-7-11-23-13-9-20(10-14-24-12-8-19)16(22)18(4,5)6/h7-14H2,1-6H3. The third kappa shape index (κ3) is 6.77. The van der Waals surface area contributed by atoms with E-state index in [9.17, 15) is 9.59 Å². The van der Waals surface area contributed by atoms with Crippen LogP contribution in [0.15, 0.2) is 0 Å². The molecule has 0 aromatic carbocycles. The van der Waals surface area contributed by atoms with Crippen molar-refractivity contribution >= 4 is 11.8 Å². The second-order valence-electron chi connectivity index (χ2n) is 8.31. The zero-order chi connectivity index (χ0) is 18.4. The van der Waals surface area contributed by atoms with Crippen molar-refractivity contribution in [1.29, 1.82) is 0 Å². The molecule has 1 aliphatic rings. The molecule has 1 saturated heterocycles. The zero-order valence-corrected chi connectivity index (χ0v) is 16.2. The van der Waals surface area contributed by atoms with Crippen molar-refractivity contribution < 1.29 is 19.1 Å². The molecule has 1 rings (SSSR count). The van der Waals surface area contributed by atoms with E-state index in [2.05, 4.69) is 0 Å². The van der Waals surface area contributed by atoms with Gasteiger partial charge in [0.2, 0.25) is 11.8 Å². The number of carbonyl (C=O) groups is 2. The Morgan fingerprint density at radius 3 is 1.08 bits per heavy atom. The molecule has 0 radical (unpaired) electrons. The van der Waals surface area contributed by atoms with Gasteiger partial charge in [0, 0.05) is 37.0 Å². The first-order valence-electron chi connectivity index (χ1n) is 8.78. The van der Waals surface area contributed by atoms with Crippen molar-refractivity contribution in [2.75, 3.05) is 52.6 Å². The highest BCUT2D eigenvalue weighted by Crippen LogP contribution is 2.18. The van der Waals surface area contributed by atoms with E-state index in [4.69, 9.17) is 9.47 Å². The highest BCUT2D eigenvalue weighted by Gasteiger charge is 2.28. The van der Waals surface area contributed by atoms with Crippen molar-refractivity contribution in [3.8, 4) is 0 Å². The monoisotopic (exact) mass is 342 g/mol. The summed E-state index contributed by atoms with van der Waals surface area (Å²) in [5.74, 6) is 0.215. The van der Waals surface area contributed by atoms with E-state index in [-0.39, 0.29) is 11.8 Å². The SMILES string of the molecule is CC(C)(C)C(=O)N1CCOCCN(C(=O)C(C)(C)C)CCOCC1. The summed E-state index contributed by atoms with van der Waals surface area (Å²) < 4.78 is 11.3. The number of hydrogen-bond donors (Lipinski definition) is 0. The number of hydrogen-bond acceptors (Lipinski definition) is 4. The van der Waals surface area contributed by atoms with Gasteiger partial charge in [0.15, 0.2) is 0 Å². The van der Waals surface area contributed by atoms with Crippen LogP contribution in [-0.4, -0.2) is 74.2 Å². The number of rotatable bonds is 0. The second-order valence-corrected chi connectivity index (χ2v) is 8.31. The fraction of sp³-hybridized carbons (Fsp3) is 0.889. The molecular formula is C18H34N2O4. The quantitative estimate of drug-likeness (QED) is 0.673. The van der Waals surface area contributed by atoms with E-state index in [1.54, 1.807) is 9.80 Å². The summed E-state index contributed by atoms with van der Waals surface area (Å²) in [7, 11) is 0. The van der Waals surface area contributed by atoms with Crippen LogP contribution in [0.1, 0.15) is 41.5 Å². The Hall–Kier alpha value is -1.14. The van der Waals surface area contributed by atoms with Crippen molar-refractivity contribution in [2.45, 2.75) is 41.5 Å². The smallest absolute Gasteiger partial charge is 0.228 e. The predicted octanol–water partition coefficient (Wildman–Crippen LogP) is 1.78. The molecule has 1 heterocycles. The van der Waals surface area contributed by atoms with Crippen LogP contribution in [0.5, 0.6) is 0 Å². The molecule has 0 aliphatic carbocycles. The van der Waals surface area contributed by atoms with Crippen molar-refractivity contribution in [2.24, 2.45) is 10.8 Å². The van der Waals surface area contributed by atoms with E-state index in [1.165, 1.54) is 0 Å². The number of amides is 2. The van der Waals surface area contributed by atoms with Crippen LogP contribution in [0.25, 0.3) is 0 Å². The number of carbonyl (C=O) groups excluding carboxylic acids is 2. The van der Waals surface area contributed by atoms with E-state index in [1.807, 2.05) is 41.5 Å². The average molecular weight is 342 g/mol. The zero-order valence-electron chi connectivity index (χ0n) is 16.2. The fourth-order valence-corrected chi connectivity index (χ4v) is 2.48. The van der Waals surface area contributed by atoms with Crippen LogP contribution in [0.2, 0.25) is 0 Å². The maximum atomic E-state index is 12.5. The molecule has 0 spiro atoms. The lowest BCUT2D eigenvalue weighted by atomic mass is 9.94. The largest absolute Gasteiger partial charge is 0.378 e. The summed E-state index contributed by atoms with van der Waals surface area (Å²) in [6, 6.07) is 0. The van der Waals surface area contributed by atoms with Gasteiger partial charge in [0.25, 0.3) is 0 Å². The lowest BCUT2D eigenvalue weighted by molar-refractivity contribution is -0.143. The molecule has 2 amide bonds. The predicted molar refractivity (Wildman–Crippen MR) is 93.7 cm³/mol. The molecule has 140 valence electrons. The van der Waals surface area contributed by atoms with Crippen LogP contribution in [-0.2, 0) is 19.1 Å². The van der Waals surface area contributed by atoms with Gasteiger partial charge in [-0.1, -0.05) is 41.5 Å². The first kappa shape index (κ1) is 20.9. The van der Waals surface area contributed by atoms with Gasteiger partial charge in [0.05, 0.1) is 26.4 Å². The lowest BCUT2D eigenvalue weighted by Crippen LogP contribution is -2.45. The minimum atomic E-state index is -0.410.